The van der Waals surface area contributed by atoms with E-state index in [0.29, 0.717) is 4.90 Å². The van der Waals surface area contributed by atoms with Crippen molar-refractivity contribution >= 4 is 32.4 Å². The maximum Gasteiger partial charge on any atom is 0.200 e. The van der Waals surface area contributed by atoms with Gasteiger partial charge in [0.15, 0.2) is 9.84 Å². The third kappa shape index (κ3) is 2.31. The van der Waals surface area contributed by atoms with Crippen LogP contribution in [0.15, 0.2) is 44.7 Å². The minimum Gasteiger partial charge on any atom is -0.219 e. The summed E-state index contributed by atoms with van der Waals surface area (Å²) >= 11 is 1.88. The van der Waals surface area contributed by atoms with E-state index in [1.807, 2.05) is 22.6 Å². The topological polar surface area (TPSA) is 34.1 Å². The van der Waals surface area contributed by atoms with Gasteiger partial charge in [-0.15, -0.1) is 0 Å². The molecule has 1 rings (SSSR count). The number of halogens is 1. The Hall–Kier alpha value is -0.360. The molecule has 1 aromatic carbocycles. The minimum atomic E-state index is -3.20. The van der Waals surface area contributed by atoms with Gasteiger partial charge in [0.05, 0.1) is 4.90 Å². The smallest absolute Gasteiger partial charge is 0.200 e. The Labute approximate surface area is 85.4 Å². The fraction of sp³-hybridized carbons (Fsp3) is 0. The summed E-state index contributed by atoms with van der Waals surface area (Å²) in [6.07, 6.45) is 0. The highest BCUT2D eigenvalue weighted by atomic mass is 127. The molecule has 4 heteroatoms. The average molecular weight is 294 g/mol. The SMILES string of the molecule is O=S(=O)(/C=C/I)c1ccccc1. The van der Waals surface area contributed by atoms with E-state index in [-0.39, 0.29) is 0 Å². The fourth-order valence-corrected chi connectivity index (χ4v) is 2.75. The summed E-state index contributed by atoms with van der Waals surface area (Å²) in [6, 6.07) is 8.34. The number of sulfone groups is 1. The molecule has 0 aliphatic rings. The van der Waals surface area contributed by atoms with Gasteiger partial charge in [-0.25, -0.2) is 8.42 Å². The van der Waals surface area contributed by atoms with Gasteiger partial charge in [-0.2, -0.15) is 0 Å². The first-order valence-corrected chi connectivity index (χ1v) is 6.03. The monoisotopic (exact) mass is 294 g/mol. The summed E-state index contributed by atoms with van der Waals surface area (Å²) in [5.41, 5.74) is 0. The van der Waals surface area contributed by atoms with Gasteiger partial charge in [0.25, 0.3) is 0 Å². The van der Waals surface area contributed by atoms with Crippen molar-refractivity contribution < 1.29 is 8.42 Å². The molecule has 0 aliphatic heterocycles. The largest absolute Gasteiger partial charge is 0.219 e. The summed E-state index contributed by atoms with van der Waals surface area (Å²) in [5, 5.41) is 1.18. The predicted octanol–water partition coefficient (Wildman–Crippen LogP) is 2.37. The van der Waals surface area contributed by atoms with E-state index in [0.717, 1.165) is 0 Å². The lowest BCUT2D eigenvalue weighted by molar-refractivity contribution is 0.604. The van der Waals surface area contributed by atoms with Gasteiger partial charge in [-0.3, -0.25) is 0 Å². The quantitative estimate of drug-likeness (QED) is 0.785. The molecule has 0 aliphatic carbocycles. The Bertz CT molecular complexity index is 367. The second-order valence-corrected chi connectivity index (χ2v) is 4.67. The van der Waals surface area contributed by atoms with Gasteiger partial charge in [0.1, 0.15) is 0 Å². The zero-order valence-corrected chi connectivity index (χ0v) is 9.12. The van der Waals surface area contributed by atoms with E-state index in [1.54, 1.807) is 30.3 Å². The first kappa shape index (κ1) is 9.73. The van der Waals surface area contributed by atoms with Gasteiger partial charge >= 0.3 is 0 Å². The maximum absolute atomic E-state index is 11.3. The first-order valence-electron chi connectivity index (χ1n) is 3.24. The molecule has 0 bridgehead atoms. The normalized spacial score (nSPS) is 12.1. The molecule has 0 aromatic heterocycles. The summed E-state index contributed by atoms with van der Waals surface area (Å²) in [6.45, 7) is 0. The number of rotatable bonds is 2. The first-order chi connectivity index (χ1) is 5.67. The van der Waals surface area contributed by atoms with Crippen molar-refractivity contribution in [2.24, 2.45) is 0 Å². The van der Waals surface area contributed by atoms with Crippen molar-refractivity contribution in [2.45, 2.75) is 4.90 Å². The molecule has 0 heterocycles. The Morgan fingerprint density at radius 1 is 1.17 bits per heavy atom. The highest BCUT2D eigenvalue weighted by Gasteiger charge is 2.07. The van der Waals surface area contributed by atoms with Crippen LogP contribution in [0.25, 0.3) is 0 Å². The summed E-state index contributed by atoms with van der Waals surface area (Å²) in [7, 11) is -3.20. The molecule has 0 amide bonds. The van der Waals surface area contributed by atoms with Crippen LogP contribution in [0.4, 0.5) is 0 Å². The Kier molecular flexibility index (Phi) is 3.28. The zero-order valence-electron chi connectivity index (χ0n) is 6.14. The maximum atomic E-state index is 11.3. The predicted molar refractivity (Wildman–Crippen MR) is 56.8 cm³/mol. The van der Waals surface area contributed by atoms with E-state index in [2.05, 4.69) is 0 Å². The molecular formula is C8H7IO2S. The molecular weight excluding hydrogens is 287 g/mol. The molecule has 0 atom stereocenters. The van der Waals surface area contributed by atoms with Gasteiger partial charge in [-0.1, -0.05) is 40.8 Å². The molecule has 1 aromatic rings. The van der Waals surface area contributed by atoms with Gasteiger partial charge in [0, 0.05) is 5.41 Å². The fourth-order valence-electron chi connectivity index (χ4n) is 0.756. The molecule has 0 unspecified atom stereocenters. The van der Waals surface area contributed by atoms with Crippen LogP contribution in [0.3, 0.4) is 0 Å². The molecule has 64 valence electrons. The summed E-state index contributed by atoms with van der Waals surface area (Å²) in [4.78, 5) is 0.331. The molecule has 0 N–H and O–H groups in total. The van der Waals surface area contributed by atoms with Crippen molar-refractivity contribution in [3.63, 3.8) is 0 Å². The molecule has 0 spiro atoms. The van der Waals surface area contributed by atoms with Gasteiger partial charge < -0.3 is 0 Å². The van der Waals surface area contributed by atoms with Crippen LogP contribution in [0, 0.1) is 0 Å². The van der Waals surface area contributed by atoms with Crippen LogP contribution in [-0.4, -0.2) is 8.42 Å². The summed E-state index contributed by atoms with van der Waals surface area (Å²) in [5.74, 6) is 0. The van der Waals surface area contributed by atoms with E-state index >= 15 is 0 Å². The molecule has 2 nitrogen and oxygen atoms in total. The second kappa shape index (κ2) is 4.04. The number of hydrogen-bond donors (Lipinski definition) is 0. The molecule has 0 radical (unpaired) electrons. The number of hydrogen-bond acceptors (Lipinski definition) is 2. The van der Waals surface area contributed by atoms with E-state index in [1.165, 1.54) is 9.49 Å². The lowest BCUT2D eigenvalue weighted by Crippen LogP contribution is -1.94. The van der Waals surface area contributed by atoms with Crippen LogP contribution in [0.1, 0.15) is 0 Å². The zero-order chi connectivity index (χ0) is 9.03. The minimum absolute atomic E-state index is 0.331. The average Bonchev–Trinajstić information content (AvgIpc) is 2.06. The highest BCUT2D eigenvalue weighted by molar-refractivity contribution is 14.1. The van der Waals surface area contributed by atoms with Gasteiger partial charge in [-0.05, 0) is 16.2 Å². The molecule has 0 fully saturated rings. The van der Waals surface area contributed by atoms with Crippen LogP contribution < -0.4 is 0 Å². The van der Waals surface area contributed by atoms with Crippen LogP contribution in [0.2, 0.25) is 0 Å². The van der Waals surface area contributed by atoms with Crippen molar-refractivity contribution in [2.75, 3.05) is 0 Å². The Balaban J connectivity index is 3.16. The molecule has 12 heavy (non-hydrogen) atoms. The van der Waals surface area contributed by atoms with Crippen LogP contribution >= 0.6 is 22.6 Å². The number of benzene rings is 1. The van der Waals surface area contributed by atoms with Crippen molar-refractivity contribution in [3.05, 3.63) is 39.8 Å². The van der Waals surface area contributed by atoms with E-state index in [4.69, 9.17) is 0 Å². The second-order valence-electron chi connectivity index (χ2n) is 2.12. The third-order valence-corrected chi connectivity index (χ3v) is 3.57. The molecule has 0 saturated heterocycles. The van der Waals surface area contributed by atoms with Crippen molar-refractivity contribution in [3.8, 4) is 0 Å². The van der Waals surface area contributed by atoms with Crippen molar-refractivity contribution in [1.29, 1.82) is 0 Å². The van der Waals surface area contributed by atoms with Crippen LogP contribution in [0.5, 0.6) is 0 Å². The lowest BCUT2D eigenvalue weighted by Gasteiger charge is -1.95. The highest BCUT2D eigenvalue weighted by Crippen LogP contribution is 2.11. The summed E-state index contributed by atoms with van der Waals surface area (Å²) < 4.78 is 24.2. The third-order valence-electron chi connectivity index (χ3n) is 1.30. The van der Waals surface area contributed by atoms with E-state index in [9.17, 15) is 8.42 Å². The van der Waals surface area contributed by atoms with Crippen LogP contribution in [-0.2, 0) is 9.84 Å². The lowest BCUT2D eigenvalue weighted by atomic mass is 10.4. The standard InChI is InChI=1S/C8H7IO2S/c9-6-7-12(10,11)8-4-2-1-3-5-8/h1-7H/b7-6+. The van der Waals surface area contributed by atoms with Gasteiger partial charge in [0.2, 0.25) is 0 Å². The Morgan fingerprint density at radius 2 is 1.75 bits per heavy atom. The molecule has 0 saturated carbocycles. The van der Waals surface area contributed by atoms with Crippen molar-refractivity contribution in [1.82, 2.24) is 0 Å². The van der Waals surface area contributed by atoms with E-state index < -0.39 is 9.84 Å². The Morgan fingerprint density at radius 3 is 2.25 bits per heavy atom.